The number of hydrogen-bond donors (Lipinski definition) is 1. The summed E-state index contributed by atoms with van der Waals surface area (Å²) in [5, 5.41) is 9.14. The average Bonchev–Trinajstić information content (AvgIpc) is 2.38. The van der Waals surface area contributed by atoms with Gasteiger partial charge >= 0.3 is 5.97 Å². The lowest BCUT2D eigenvalue weighted by Crippen LogP contribution is -2.44. The van der Waals surface area contributed by atoms with Crippen LogP contribution in [-0.2, 0) is 10.0 Å². The van der Waals surface area contributed by atoms with E-state index >= 15 is 0 Å². The Hall–Kier alpha value is -1.40. The van der Waals surface area contributed by atoms with Crippen LogP contribution in [0.5, 0.6) is 0 Å². The molecule has 1 aromatic carbocycles. The summed E-state index contributed by atoms with van der Waals surface area (Å²) in [7, 11) is -3.64. The van der Waals surface area contributed by atoms with E-state index in [1.807, 2.05) is 6.92 Å². The van der Waals surface area contributed by atoms with E-state index in [1.54, 1.807) is 13.0 Å². The molecule has 6 heteroatoms. The molecule has 0 spiro atoms. The minimum atomic E-state index is -3.64. The number of piperidine rings is 1. The molecule has 1 aliphatic heterocycles. The zero-order valence-corrected chi connectivity index (χ0v) is 13.4. The predicted molar refractivity (Wildman–Crippen MR) is 79.9 cm³/mol. The van der Waals surface area contributed by atoms with Crippen molar-refractivity contribution in [2.75, 3.05) is 6.54 Å². The van der Waals surface area contributed by atoms with Crippen LogP contribution in [0.2, 0.25) is 0 Å². The number of hydrogen-bond acceptors (Lipinski definition) is 3. The lowest BCUT2D eigenvalue weighted by molar-refractivity contribution is 0.0696. The van der Waals surface area contributed by atoms with Crippen molar-refractivity contribution in [1.29, 1.82) is 0 Å². The molecular formula is C15H21NO4S. The number of nitrogens with zero attached hydrogens (tertiary/aromatic N) is 1. The van der Waals surface area contributed by atoms with Gasteiger partial charge in [0.05, 0.1) is 10.5 Å². The second-order valence-corrected chi connectivity index (χ2v) is 7.77. The molecule has 5 nitrogen and oxygen atoms in total. The number of aryl methyl sites for hydroxylation is 1. The van der Waals surface area contributed by atoms with E-state index in [0.717, 1.165) is 12.8 Å². The Morgan fingerprint density at radius 1 is 1.33 bits per heavy atom. The maximum atomic E-state index is 12.7. The van der Waals surface area contributed by atoms with Crippen molar-refractivity contribution in [3.63, 3.8) is 0 Å². The Kier molecular flexibility index (Phi) is 4.39. The maximum absolute atomic E-state index is 12.7. The highest BCUT2D eigenvalue weighted by Gasteiger charge is 2.33. The van der Waals surface area contributed by atoms with Gasteiger partial charge < -0.3 is 5.11 Å². The van der Waals surface area contributed by atoms with Crippen molar-refractivity contribution in [2.24, 2.45) is 5.92 Å². The van der Waals surface area contributed by atoms with Gasteiger partial charge in [-0.05, 0) is 50.3 Å². The number of sulfonamides is 1. The highest BCUT2D eigenvalue weighted by atomic mass is 32.2. The predicted octanol–water partition coefficient (Wildman–Crippen LogP) is 2.50. The Morgan fingerprint density at radius 3 is 2.57 bits per heavy atom. The zero-order chi connectivity index (χ0) is 15.8. The number of carboxylic acid groups (broad SMARTS) is 1. The lowest BCUT2D eigenvalue weighted by atomic mass is 9.95. The van der Waals surface area contributed by atoms with Crippen LogP contribution in [0.3, 0.4) is 0 Å². The third-order valence-corrected chi connectivity index (χ3v) is 6.13. The third kappa shape index (κ3) is 3.11. The van der Waals surface area contributed by atoms with Crippen LogP contribution >= 0.6 is 0 Å². The van der Waals surface area contributed by atoms with Gasteiger partial charge in [0.15, 0.2) is 0 Å². The molecule has 21 heavy (non-hydrogen) atoms. The summed E-state index contributed by atoms with van der Waals surface area (Å²) in [5.41, 5.74) is 0.593. The fourth-order valence-corrected chi connectivity index (χ4v) is 4.55. The topological polar surface area (TPSA) is 74.7 Å². The minimum absolute atomic E-state index is 0.0362. The second-order valence-electron chi connectivity index (χ2n) is 5.88. The van der Waals surface area contributed by atoms with Gasteiger partial charge in [-0.3, -0.25) is 0 Å². The van der Waals surface area contributed by atoms with Gasteiger partial charge in [0.25, 0.3) is 0 Å². The molecule has 0 aliphatic carbocycles. The molecule has 1 fully saturated rings. The summed E-state index contributed by atoms with van der Waals surface area (Å²) in [6.07, 6.45) is 1.66. The van der Waals surface area contributed by atoms with E-state index < -0.39 is 16.0 Å². The summed E-state index contributed by atoms with van der Waals surface area (Å²) in [6, 6.07) is 4.24. The van der Waals surface area contributed by atoms with Crippen LogP contribution < -0.4 is 0 Å². The van der Waals surface area contributed by atoms with E-state index in [1.165, 1.54) is 16.4 Å². The van der Waals surface area contributed by atoms with Crippen LogP contribution in [0.15, 0.2) is 23.1 Å². The molecule has 0 aromatic heterocycles. The van der Waals surface area contributed by atoms with E-state index in [9.17, 15) is 13.2 Å². The molecule has 116 valence electrons. The summed E-state index contributed by atoms with van der Waals surface area (Å²) in [4.78, 5) is 11.2. The van der Waals surface area contributed by atoms with Gasteiger partial charge in [-0.25, -0.2) is 13.2 Å². The van der Waals surface area contributed by atoms with Gasteiger partial charge in [0.1, 0.15) is 0 Å². The van der Waals surface area contributed by atoms with Crippen LogP contribution in [0.4, 0.5) is 0 Å². The third-order valence-electron chi connectivity index (χ3n) is 4.12. The molecule has 1 saturated heterocycles. The Balaban J connectivity index is 2.40. The van der Waals surface area contributed by atoms with Gasteiger partial charge in [-0.15, -0.1) is 0 Å². The molecule has 2 unspecified atom stereocenters. The second kappa shape index (κ2) is 5.77. The first-order valence-corrected chi connectivity index (χ1v) is 8.53. The number of benzene rings is 1. The highest BCUT2D eigenvalue weighted by molar-refractivity contribution is 7.89. The molecule has 1 aromatic rings. The first-order chi connectivity index (χ1) is 9.73. The Bertz CT molecular complexity index is 654. The summed E-state index contributed by atoms with van der Waals surface area (Å²) in [6.45, 7) is 6.17. The standard InChI is InChI=1S/C15H21NO4S/c1-10-6-7-16(12(3)8-10)21(19,20)13-5-4-11(2)14(9-13)15(17)18/h4-5,9-10,12H,6-8H2,1-3H3,(H,17,18). The fourth-order valence-electron chi connectivity index (χ4n) is 2.87. The van der Waals surface area contributed by atoms with Gasteiger partial charge in [-0.1, -0.05) is 13.0 Å². The van der Waals surface area contributed by atoms with Crippen molar-refractivity contribution >= 4 is 16.0 Å². The largest absolute Gasteiger partial charge is 0.478 e. The van der Waals surface area contributed by atoms with Crippen LogP contribution in [-0.4, -0.2) is 36.4 Å². The van der Waals surface area contributed by atoms with Crippen molar-refractivity contribution in [1.82, 2.24) is 4.31 Å². The molecule has 0 saturated carbocycles. The van der Waals surface area contributed by atoms with Gasteiger partial charge in [0, 0.05) is 12.6 Å². The van der Waals surface area contributed by atoms with Crippen LogP contribution in [0.25, 0.3) is 0 Å². The molecule has 2 atom stereocenters. The smallest absolute Gasteiger partial charge is 0.335 e. The molecule has 1 aliphatic rings. The van der Waals surface area contributed by atoms with Crippen molar-refractivity contribution in [3.8, 4) is 0 Å². The Labute approximate surface area is 125 Å². The number of carbonyl (C=O) groups is 1. The van der Waals surface area contributed by atoms with Crippen molar-refractivity contribution in [2.45, 2.75) is 44.6 Å². The minimum Gasteiger partial charge on any atom is -0.478 e. The molecule has 0 bridgehead atoms. The molecule has 0 radical (unpaired) electrons. The molecule has 1 N–H and O–H groups in total. The summed E-state index contributed by atoms with van der Waals surface area (Å²) in [5.74, 6) is -0.594. The van der Waals surface area contributed by atoms with Gasteiger partial charge in [-0.2, -0.15) is 4.31 Å². The molecule has 1 heterocycles. The summed E-state index contributed by atoms with van der Waals surface area (Å²) >= 11 is 0. The normalized spacial score (nSPS) is 24.0. The first kappa shape index (κ1) is 16.0. The number of aromatic carboxylic acids is 1. The average molecular weight is 311 g/mol. The zero-order valence-electron chi connectivity index (χ0n) is 12.5. The van der Waals surface area contributed by atoms with Crippen molar-refractivity contribution in [3.05, 3.63) is 29.3 Å². The lowest BCUT2D eigenvalue weighted by Gasteiger charge is -2.35. The molecule has 0 amide bonds. The van der Waals surface area contributed by atoms with E-state index in [2.05, 4.69) is 6.92 Å². The quantitative estimate of drug-likeness (QED) is 0.930. The summed E-state index contributed by atoms with van der Waals surface area (Å²) < 4.78 is 26.9. The fraction of sp³-hybridized carbons (Fsp3) is 0.533. The SMILES string of the molecule is Cc1ccc(S(=O)(=O)N2CCC(C)CC2C)cc1C(=O)O. The van der Waals surface area contributed by atoms with E-state index in [-0.39, 0.29) is 16.5 Å². The van der Waals surface area contributed by atoms with Crippen LogP contribution in [0, 0.1) is 12.8 Å². The Morgan fingerprint density at radius 2 is 2.00 bits per heavy atom. The highest BCUT2D eigenvalue weighted by Crippen LogP contribution is 2.28. The van der Waals surface area contributed by atoms with E-state index in [4.69, 9.17) is 5.11 Å². The first-order valence-electron chi connectivity index (χ1n) is 7.09. The molecular weight excluding hydrogens is 290 g/mol. The van der Waals surface area contributed by atoms with Crippen LogP contribution in [0.1, 0.15) is 42.6 Å². The number of rotatable bonds is 3. The van der Waals surface area contributed by atoms with Crippen molar-refractivity contribution < 1.29 is 18.3 Å². The molecule has 2 rings (SSSR count). The monoisotopic (exact) mass is 311 g/mol. The van der Waals surface area contributed by atoms with E-state index in [0.29, 0.717) is 18.0 Å². The maximum Gasteiger partial charge on any atom is 0.335 e. The number of carboxylic acids is 1. The van der Waals surface area contributed by atoms with Gasteiger partial charge in [0.2, 0.25) is 10.0 Å².